The zero-order chi connectivity index (χ0) is 9.14. The van der Waals surface area contributed by atoms with E-state index in [1.807, 2.05) is 0 Å². The van der Waals surface area contributed by atoms with Crippen molar-refractivity contribution in [2.45, 2.75) is 0 Å². The van der Waals surface area contributed by atoms with Crippen LogP contribution in [-0.2, 0) is 0 Å². The maximum atomic E-state index is 10.3. The second-order valence-corrected chi connectivity index (χ2v) is 2.81. The summed E-state index contributed by atoms with van der Waals surface area (Å²) in [6.45, 7) is 0. The van der Waals surface area contributed by atoms with Crippen molar-refractivity contribution < 1.29 is 10.1 Å². The lowest BCUT2D eigenvalue weighted by Crippen LogP contribution is -1.99. The summed E-state index contributed by atoms with van der Waals surface area (Å²) < 4.78 is 0.480. The molecule has 0 aromatic carbocycles. The predicted molar refractivity (Wildman–Crippen MR) is 44.0 cm³/mol. The minimum Gasteiger partial charge on any atom is -0.289 e. The topological polar surface area (TPSA) is 88.3 Å². The van der Waals surface area contributed by atoms with Crippen LogP contribution in [0.2, 0.25) is 0 Å². The third kappa shape index (κ3) is 1.69. The molecule has 0 amide bonds. The van der Waals surface area contributed by atoms with E-state index in [0.717, 1.165) is 0 Å². The van der Waals surface area contributed by atoms with Gasteiger partial charge in [0.25, 0.3) is 0 Å². The first kappa shape index (κ1) is 8.88. The summed E-state index contributed by atoms with van der Waals surface area (Å²) in [5, 5.41) is 18.8. The molecule has 2 N–H and O–H groups in total. The number of anilines is 1. The molecule has 0 fully saturated rings. The molecule has 6 nitrogen and oxygen atoms in total. The lowest BCUT2D eigenvalue weighted by molar-refractivity contribution is -0.384. The lowest BCUT2D eigenvalue weighted by atomic mass is 10.4. The summed E-state index contributed by atoms with van der Waals surface area (Å²) in [7, 11) is 0. The van der Waals surface area contributed by atoms with Gasteiger partial charge in [-0.05, 0) is 15.9 Å². The lowest BCUT2D eigenvalue weighted by Gasteiger charge is -1.98. The molecule has 0 unspecified atom stereocenters. The first-order valence-electron chi connectivity index (χ1n) is 2.85. The van der Waals surface area contributed by atoms with Gasteiger partial charge in [0.1, 0.15) is 0 Å². The Labute approximate surface area is 75.5 Å². The zero-order valence-corrected chi connectivity index (χ0v) is 7.28. The maximum absolute atomic E-state index is 10.3. The van der Waals surface area contributed by atoms with Crippen molar-refractivity contribution in [3.63, 3.8) is 0 Å². The van der Waals surface area contributed by atoms with Crippen molar-refractivity contribution in [3.05, 3.63) is 26.9 Å². The van der Waals surface area contributed by atoms with E-state index in [0.29, 0.717) is 4.47 Å². The van der Waals surface area contributed by atoms with Crippen molar-refractivity contribution in [3.8, 4) is 0 Å². The van der Waals surface area contributed by atoms with Gasteiger partial charge in [-0.3, -0.25) is 15.3 Å². The van der Waals surface area contributed by atoms with Crippen LogP contribution in [0.1, 0.15) is 0 Å². The molecule has 0 atom stereocenters. The quantitative estimate of drug-likeness (QED) is 0.598. The third-order valence-electron chi connectivity index (χ3n) is 1.14. The SMILES string of the molecule is O=[N+]([O-])c1cc(Br)cnc1NO. The summed E-state index contributed by atoms with van der Waals surface area (Å²) in [5.74, 6) is -0.178. The number of pyridine rings is 1. The van der Waals surface area contributed by atoms with Gasteiger partial charge in [-0.15, -0.1) is 0 Å². The fourth-order valence-electron chi connectivity index (χ4n) is 0.654. The number of halogens is 1. The number of hydrogen-bond acceptors (Lipinski definition) is 5. The first-order chi connectivity index (χ1) is 5.65. The molecule has 1 aromatic heterocycles. The zero-order valence-electron chi connectivity index (χ0n) is 5.69. The summed E-state index contributed by atoms with van der Waals surface area (Å²) in [6.07, 6.45) is 1.34. The van der Waals surface area contributed by atoms with Crippen LogP contribution in [0.5, 0.6) is 0 Å². The number of hydrogen-bond donors (Lipinski definition) is 2. The Bertz CT molecular complexity index is 317. The molecule has 64 valence electrons. The molecule has 12 heavy (non-hydrogen) atoms. The van der Waals surface area contributed by atoms with Gasteiger partial charge in [-0.25, -0.2) is 10.5 Å². The minimum atomic E-state index is -0.643. The number of nitro groups is 1. The molecule has 0 bridgehead atoms. The van der Waals surface area contributed by atoms with E-state index in [4.69, 9.17) is 5.21 Å². The first-order valence-corrected chi connectivity index (χ1v) is 3.64. The summed E-state index contributed by atoms with van der Waals surface area (Å²) >= 11 is 3.02. The second kappa shape index (κ2) is 3.46. The van der Waals surface area contributed by atoms with Gasteiger partial charge in [-0.1, -0.05) is 0 Å². The third-order valence-corrected chi connectivity index (χ3v) is 1.57. The highest BCUT2D eigenvalue weighted by Gasteiger charge is 2.14. The van der Waals surface area contributed by atoms with E-state index in [9.17, 15) is 10.1 Å². The Morgan fingerprint density at radius 2 is 2.42 bits per heavy atom. The average molecular weight is 234 g/mol. The average Bonchev–Trinajstić information content (AvgIpc) is 2.04. The number of nitrogens with one attached hydrogen (secondary N) is 1. The molecular weight excluding hydrogens is 230 g/mol. The molecular formula is C5H4BrN3O3. The molecule has 0 aliphatic rings. The van der Waals surface area contributed by atoms with Crippen molar-refractivity contribution >= 4 is 27.4 Å². The van der Waals surface area contributed by atoms with Crippen LogP contribution < -0.4 is 5.48 Å². The fourth-order valence-corrected chi connectivity index (χ4v) is 0.973. The van der Waals surface area contributed by atoms with E-state index >= 15 is 0 Å². The molecule has 0 aliphatic heterocycles. The molecule has 1 rings (SSSR count). The highest BCUT2D eigenvalue weighted by atomic mass is 79.9. The Balaban J connectivity index is 3.21. The fraction of sp³-hybridized carbons (Fsp3) is 0. The summed E-state index contributed by atoms with van der Waals surface area (Å²) in [6, 6.07) is 1.24. The van der Waals surface area contributed by atoms with Crippen LogP contribution in [0.15, 0.2) is 16.7 Å². The molecule has 0 radical (unpaired) electrons. The summed E-state index contributed by atoms with van der Waals surface area (Å²) in [4.78, 5) is 13.3. The van der Waals surface area contributed by atoms with E-state index in [1.165, 1.54) is 12.3 Å². The van der Waals surface area contributed by atoms with Crippen molar-refractivity contribution in [2.24, 2.45) is 0 Å². The Kier molecular flexibility index (Phi) is 2.56. The van der Waals surface area contributed by atoms with Crippen molar-refractivity contribution in [1.29, 1.82) is 0 Å². The Morgan fingerprint density at radius 1 is 1.75 bits per heavy atom. The number of nitrogens with zero attached hydrogens (tertiary/aromatic N) is 2. The van der Waals surface area contributed by atoms with Crippen LogP contribution in [-0.4, -0.2) is 15.1 Å². The van der Waals surface area contributed by atoms with Crippen molar-refractivity contribution in [1.82, 2.24) is 4.98 Å². The van der Waals surface area contributed by atoms with E-state index in [2.05, 4.69) is 20.9 Å². The van der Waals surface area contributed by atoms with Gasteiger partial charge in [-0.2, -0.15) is 0 Å². The van der Waals surface area contributed by atoms with E-state index < -0.39 is 4.92 Å². The standard InChI is InChI=1S/C5H4BrN3O3/c6-3-1-4(9(11)12)5(8-10)7-2-3/h1-2,10H,(H,7,8). The maximum Gasteiger partial charge on any atom is 0.314 e. The normalized spacial score (nSPS) is 9.50. The Morgan fingerprint density at radius 3 is 2.92 bits per heavy atom. The van der Waals surface area contributed by atoms with Gasteiger partial charge < -0.3 is 0 Å². The molecule has 0 aliphatic carbocycles. The second-order valence-electron chi connectivity index (χ2n) is 1.89. The number of aromatic nitrogens is 1. The molecule has 0 saturated carbocycles. The Hall–Kier alpha value is -1.21. The van der Waals surface area contributed by atoms with Crippen LogP contribution >= 0.6 is 15.9 Å². The molecule has 1 heterocycles. The monoisotopic (exact) mass is 233 g/mol. The van der Waals surface area contributed by atoms with Crippen LogP contribution in [0, 0.1) is 10.1 Å². The van der Waals surface area contributed by atoms with Crippen molar-refractivity contribution in [2.75, 3.05) is 5.48 Å². The largest absolute Gasteiger partial charge is 0.314 e. The predicted octanol–water partition coefficient (Wildman–Crippen LogP) is 1.55. The highest BCUT2D eigenvalue weighted by molar-refractivity contribution is 9.10. The van der Waals surface area contributed by atoms with Gasteiger partial charge in [0.15, 0.2) is 0 Å². The van der Waals surface area contributed by atoms with Gasteiger partial charge in [0.05, 0.1) is 4.92 Å². The molecule has 1 aromatic rings. The van der Waals surface area contributed by atoms with Crippen LogP contribution in [0.25, 0.3) is 0 Å². The highest BCUT2D eigenvalue weighted by Crippen LogP contribution is 2.24. The number of rotatable bonds is 2. The molecule has 7 heteroatoms. The van der Waals surface area contributed by atoms with Crippen LogP contribution in [0.4, 0.5) is 11.5 Å². The molecule has 0 spiro atoms. The smallest absolute Gasteiger partial charge is 0.289 e. The van der Waals surface area contributed by atoms with Crippen LogP contribution in [0.3, 0.4) is 0 Å². The van der Waals surface area contributed by atoms with Gasteiger partial charge in [0.2, 0.25) is 5.82 Å². The minimum absolute atomic E-state index is 0.178. The van der Waals surface area contributed by atoms with Gasteiger partial charge >= 0.3 is 5.69 Å². The van der Waals surface area contributed by atoms with E-state index in [-0.39, 0.29) is 11.5 Å². The summed E-state index contributed by atoms with van der Waals surface area (Å²) in [5.41, 5.74) is 1.35. The molecule has 0 saturated heterocycles. The van der Waals surface area contributed by atoms with Gasteiger partial charge in [0, 0.05) is 16.7 Å². The van der Waals surface area contributed by atoms with E-state index in [1.54, 1.807) is 5.48 Å².